The number of carbonyl (C=O) groups is 1. The van der Waals surface area contributed by atoms with E-state index in [0.29, 0.717) is 18.7 Å². The molecule has 0 saturated heterocycles. The molecule has 1 N–H and O–H groups in total. The van der Waals surface area contributed by atoms with E-state index in [1.165, 1.54) is 13.3 Å². The molecule has 0 radical (unpaired) electrons. The molecule has 0 bridgehead atoms. The molecule has 0 aromatic carbocycles. The number of nitrogens with one attached hydrogen (secondary N) is 1. The Morgan fingerprint density at radius 1 is 1.56 bits per heavy atom. The van der Waals surface area contributed by atoms with Crippen LogP contribution >= 0.6 is 0 Å². The summed E-state index contributed by atoms with van der Waals surface area (Å²) in [4.78, 5) is 15.3. The molecule has 0 aliphatic heterocycles. The van der Waals surface area contributed by atoms with E-state index < -0.39 is 16.8 Å². The van der Waals surface area contributed by atoms with Crippen molar-refractivity contribution in [3.63, 3.8) is 0 Å². The molecule has 0 aliphatic rings. The Hall–Kier alpha value is -1.27. The molecule has 0 spiro atoms. The minimum atomic E-state index is -0.823. The Balaban J connectivity index is 2.44. The first kappa shape index (κ1) is 14.8. The first-order valence-electron chi connectivity index (χ1n) is 5.60. The van der Waals surface area contributed by atoms with E-state index in [0.717, 1.165) is 5.69 Å². The summed E-state index contributed by atoms with van der Waals surface area (Å²) in [5.74, 6) is -0.392. The Bertz CT molecular complexity index is 420. The standard InChI is InChI=1S/C12H18N2O3S/c1-9(18(3)16)6-13-8-11-5-4-10(7-14-11)12(15)17-2/h4-5,7,9,13H,6,8H2,1-3H3. The first-order valence-corrected chi connectivity index (χ1v) is 7.23. The van der Waals surface area contributed by atoms with E-state index in [1.54, 1.807) is 18.4 Å². The second-order valence-corrected chi connectivity index (χ2v) is 5.77. The zero-order valence-corrected chi connectivity index (χ0v) is 11.6. The van der Waals surface area contributed by atoms with Crippen molar-refractivity contribution in [2.24, 2.45) is 0 Å². The maximum Gasteiger partial charge on any atom is 0.339 e. The Morgan fingerprint density at radius 3 is 2.78 bits per heavy atom. The first-order chi connectivity index (χ1) is 8.54. The highest BCUT2D eigenvalue weighted by Crippen LogP contribution is 2.02. The van der Waals surface area contributed by atoms with Crippen molar-refractivity contribution < 1.29 is 13.7 Å². The van der Waals surface area contributed by atoms with Crippen LogP contribution < -0.4 is 5.32 Å². The van der Waals surface area contributed by atoms with Gasteiger partial charge in [0.05, 0.1) is 18.4 Å². The molecule has 5 nitrogen and oxygen atoms in total. The Labute approximate surface area is 109 Å². The molecule has 1 rings (SSSR count). The Kier molecular flexibility index (Phi) is 5.94. The molecule has 18 heavy (non-hydrogen) atoms. The molecule has 0 aliphatic carbocycles. The number of esters is 1. The molecular formula is C12H18N2O3S. The fourth-order valence-electron chi connectivity index (χ4n) is 1.29. The van der Waals surface area contributed by atoms with Crippen LogP contribution in [0, 0.1) is 0 Å². The van der Waals surface area contributed by atoms with Gasteiger partial charge in [-0.1, -0.05) is 0 Å². The molecule has 6 heteroatoms. The summed E-state index contributed by atoms with van der Waals surface area (Å²) < 4.78 is 15.7. The van der Waals surface area contributed by atoms with Crippen molar-refractivity contribution in [2.45, 2.75) is 18.7 Å². The molecule has 100 valence electrons. The Morgan fingerprint density at radius 2 is 2.28 bits per heavy atom. The summed E-state index contributed by atoms with van der Waals surface area (Å²) in [6.07, 6.45) is 3.18. The van der Waals surface area contributed by atoms with E-state index in [9.17, 15) is 9.00 Å². The summed E-state index contributed by atoms with van der Waals surface area (Å²) in [5.41, 5.74) is 1.26. The summed E-state index contributed by atoms with van der Waals surface area (Å²) in [7, 11) is 0.514. The maximum absolute atomic E-state index is 11.2. The quantitative estimate of drug-likeness (QED) is 0.772. The third kappa shape index (κ3) is 4.54. The van der Waals surface area contributed by atoms with Crippen LogP contribution in [-0.2, 0) is 22.1 Å². The summed E-state index contributed by atoms with van der Waals surface area (Å²) in [6, 6.07) is 3.45. The van der Waals surface area contributed by atoms with Gasteiger partial charge in [0.15, 0.2) is 0 Å². The number of methoxy groups -OCH3 is 1. The number of ether oxygens (including phenoxy) is 1. The number of nitrogens with zero attached hydrogens (tertiary/aromatic N) is 1. The minimum Gasteiger partial charge on any atom is -0.465 e. The van der Waals surface area contributed by atoms with E-state index in [2.05, 4.69) is 15.0 Å². The minimum absolute atomic E-state index is 0.111. The van der Waals surface area contributed by atoms with Gasteiger partial charge in [0, 0.05) is 41.6 Å². The van der Waals surface area contributed by atoms with Crippen LogP contribution in [0.3, 0.4) is 0 Å². The van der Waals surface area contributed by atoms with Crippen molar-refractivity contribution in [3.8, 4) is 0 Å². The fourth-order valence-corrected chi connectivity index (χ4v) is 1.64. The van der Waals surface area contributed by atoms with Crippen molar-refractivity contribution in [1.82, 2.24) is 10.3 Å². The lowest BCUT2D eigenvalue weighted by atomic mass is 10.2. The number of aromatic nitrogens is 1. The highest BCUT2D eigenvalue weighted by atomic mass is 32.2. The van der Waals surface area contributed by atoms with Crippen molar-refractivity contribution >= 4 is 16.8 Å². The van der Waals surface area contributed by atoms with Crippen molar-refractivity contribution in [3.05, 3.63) is 29.6 Å². The zero-order valence-electron chi connectivity index (χ0n) is 10.8. The molecule has 2 atom stereocenters. The highest BCUT2D eigenvalue weighted by molar-refractivity contribution is 7.84. The third-order valence-corrected chi connectivity index (χ3v) is 3.85. The van der Waals surface area contributed by atoms with Crippen LogP contribution in [0.15, 0.2) is 18.3 Å². The van der Waals surface area contributed by atoms with Gasteiger partial charge in [-0.05, 0) is 19.1 Å². The zero-order chi connectivity index (χ0) is 13.5. The molecule has 1 aromatic heterocycles. The van der Waals surface area contributed by atoms with Crippen LogP contribution in [-0.4, -0.2) is 40.3 Å². The lowest BCUT2D eigenvalue weighted by Crippen LogP contribution is -2.27. The van der Waals surface area contributed by atoms with Crippen LogP contribution in [0.2, 0.25) is 0 Å². The van der Waals surface area contributed by atoms with Crippen LogP contribution in [0.25, 0.3) is 0 Å². The van der Waals surface area contributed by atoms with Gasteiger partial charge < -0.3 is 10.1 Å². The van der Waals surface area contributed by atoms with Gasteiger partial charge in [0.25, 0.3) is 0 Å². The monoisotopic (exact) mass is 270 g/mol. The van der Waals surface area contributed by atoms with Crippen LogP contribution in [0.4, 0.5) is 0 Å². The lowest BCUT2D eigenvalue weighted by Gasteiger charge is -2.09. The molecule has 0 amide bonds. The summed E-state index contributed by atoms with van der Waals surface area (Å²) >= 11 is 0. The summed E-state index contributed by atoms with van der Waals surface area (Å²) in [5, 5.41) is 3.28. The molecule has 0 fully saturated rings. The number of hydrogen-bond donors (Lipinski definition) is 1. The van der Waals surface area contributed by atoms with Crippen molar-refractivity contribution in [2.75, 3.05) is 19.9 Å². The van der Waals surface area contributed by atoms with Crippen LogP contribution in [0.5, 0.6) is 0 Å². The molecule has 0 saturated carbocycles. The lowest BCUT2D eigenvalue weighted by molar-refractivity contribution is 0.0600. The molecule has 1 aromatic rings. The normalized spacial score (nSPS) is 13.9. The fraction of sp³-hybridized carbons (Fsp3) is 0.500. The smallest absolute Gasteiger partial charge is 0.339 e. The molecule has 2 unspecified atom stereocenters. The van der Waals surface area contributed by atoms with E-state index >= 15 is 0 Å². The predicted molar refractivity (Wildman–Crippen MR) is 70.8 cm³/mol. The predicted octanol–water partition coefficient (Wildman–Crippen LogP) is 0.725. The summed E-state index contributed by atoms with van der Waals surface area (Å²) in [6.45, 7) is 3.18. The molecular weight excluding hydrogens is 252 g/mol. The second-order valence-electron chi connectivity index (χ2n) is 3.97. The maximum atomic E-state index is 11.2. The average molecular weight is 270 g/mol. The molecule has 1 heterocycles. The number of pyridine rings is 1. The van der Waals surface area contributed by atoms with E-state index in [-0.39, 0.29) is 5.25 Å². The van der Waals surface area contributed by atoms with Gasteiger partial charge in [-0.2, -0.15) is 0 Å². The SMILES string of the molecule is COC(=O)c1ccc(CNCC(C)S(C)=O)nc1. The van der Waals surface area contributed by atoms with Crippen LogP contribution in [0.1, 0.15) is 23.0 Å². The van der Waals surface area contributed by atoms with Gasteiger partial charge in [-0.25, -0.2) is 4.79 Å². The van der Waals surface area contributed by atoms with E-state index in [1.807, 2.05) is 6.92 Å². The van der Waals surface area contributed by atoms with Gasteiger partial charge in [0.2, 0.25) is 0 Å². The average Bonchev–Trinajstić information content (AvgIpc) is 2.38. The number of carbonyl (C=O) groups excluding carboxylic acids is 1. The van der Waals surface area contributed by atoms with E-state index in [4.69, 9.17) is 0 Å². The van der Waals surface area contributed by atoms with Crippen molar-refractivity contribution in [1.29, 1.82) is 0 Å². The highest BCUT2D eigenvalue weighted by Gasteiger charge is 2.07. The van der Waals surface area contributed by atoms with Gasteiger partial charge in [-0.15, -0.1) is 0 Å². The number of hydrogen-bond acceptors (Lipinski definition) is 5. The topological polar surface area (TPSA) is 68.3 Å². The second kappa shape index (κ2) is 7.23. The third-order valence-electron chi connectivity index (χ3n) is 2.55. The number of rotatable bonds is 6. The van der Waals surface area contributed by atoms with Gasteiger partial charge >= 0.3 is 5.97 Å². The van der Waals surface area contributed by atoms with Gasteiger partial charge in [0.1, 0.15) is 0 Å². The van der Waals surface area contributed by atoms with Gasteiger partial charge in [-0.3, -0.25) is 9.19 Å². The largest absolute Gasteiger partial charge is 0.465 e.